The molecule has 0 aliphatic heterocycles. The van der Waals surface area contributed by atoms with E-state index in [9.17, 15) is 0 Å². The quantitative estimate of drug-likeness (QED) is 0.823. The van der Waals surface area contributed by atoms with E-state index >= 15 is 0 Å². The molecule has 86 valence electrons. The molecule has 2 rings (SSSR count). The molecule has 0 spiro atoms. The fourth-order valence-corrected chi connectivity index (χ4v) is 2.95. The van der Waals surface area contributed by atoms with E-state index in [1.54, 1.807) is 23.1 Å². The van der Waals surface area contributed by atoms with E-state index in [4.69, 9.17) is 5.73 Å². The zero-order valence-corrected chi connectivity index (χ0v) is 11.0. The second kappa shape index (κ2) is 5.03. The Hall–Kier alpha value is -0.780. The van der Waals surface area contributed by atoms with Gasteiger partial charge in [-0.2, -0.15) is 0 Å². The molecule has 0 fully saturated rings. The van der Waals surface area contributed by atoms with Gasteiger partial charge in [0, 0.05) is 18.3 Å². The predicted molar refractivity (Wildman–Crippen MR) is 73.5 cm³/mol. The molecule has 5 heteroatoms. The summed E-state index contributed by atoms with van der Waals surface area (Å²) in [5, 5.41) is 3.36. The minimum absolute atomic E-state index is 0.297. The molecule has 0 aliphatic carbocycles. The summed E-state index contributed by atoms with van der Waals surface area (Å²) in [4.78, 5) is 4.50. The number of rotatable bonds is 4. The molecule has 16 heavy (non-hydrogen) atoms. The van der Waals surface area contributed by atoms with Gasteiger partial charge in [-0.05, 0) is 31.4 Å². The summed E-state index contributed by atoms with van der Waals surface area (Å²) in [5.74, 6) is 0. The van der Waals surface area contributed by atoms with Crippen LogP contribution in [0.5, 0.6) is 0 Å². The predicted octanol–water partition coefficient (Wildman–Crippen LogP) is 2.78. The molecule has 1 unspecified atom stereocenters. The fourth-order valence-electron chi connectivity index (χ4n) is 1.42. The number of hydrogen-bond acceptors (Lipinski definition) is 5. The van der Waals surface area contributed by atoms with Gasteiger partial charge in [-0.1, -0.05) is 11.8 Å². The number of anilines is 1. The average Bonchev–Trinajstić information content (AvgIpc) is 2.71. The number of hydrogen-bond donors (Lipinski definition) is 2. The lowest BCUT2D eigenvalue weighted by molar-refractivity contribution is 0.804. The van der Waals surface area contributed by atoms with Gasteiger partial charge in [-0.15, -0.1) is 11.3 Å². The van der Waals surface area contributed by atoms with Crippen molar-refractivity contribution >= 4 is 39.0 Å². The molecule has 0 bridgehead atoms. The number of thiazole rings is 1. The summed E-state index contributed by atoms with van der Waals surface area (Å²) >= 11 is 3.41. The average molecular weight is 253 g/mol. The number of thioether (sulfide) groups is 1. The second-order valence-electron chi connectivity index (χ2n) is 3.65. The Morgan fingerprint density at radius 3 is 3.06 bits per heavy atom. The third kappa shape index (κ3) is 2.48. The van der Waals surface area contributed by atoms with Crippen LogP contribution in [-0.2, 0) is 0 Å². The summed E-state index contributed by atoms with van der Waals surface area (Å²) < 4.78 is 2.33. The zero-order chi connectivity index (χ0) is 11.5. The number of nitrogens with zero attached hydrogens (tertiary/aromatic N) is 1. The van der Waals surface area contributed by atoms with E-state index in [0.29, 0.717) is 12.6 Å². The smallest absolute Gasteiger partial charge is 0.150 e. The largest absolute Gasteiger partial charge is 0.381 e. The molecule has 1 aromatic heterocycles. The highest BCUT2D eigenvalue weighted by molar-refractivity contribution is 8.00. The molecule has 3 nitrogen and oxygen atoms in total. The van der Waals surface area contributed by atoms with Crippen LogP contribution in [0, 0.1) is 0 Å². The van der Waals surface area contributed by atoms with Gasteiger partial charge in [0.1, 0.15) is 0 Å². The van der Waals surface area contributed by atoms with Crippen molar-refractivity contribution in [1.82, 2.24) is 4.98 Å². The van der Waals surface area contributed by atoms with E-state index in [1.165, 1.54) is 4.70 Å². The first-order chi connectivity index (χ1) is 7.72. The highest BCUT2D eigenvalue weighted by atomic mass is 32.2. The van der Waals surface area contributed by atoms with Crippen LogP contribution in [0.25, 0.3) is 10.2 Å². The summed E-state index contributed by atoms with van der Waals surface area (Å²) in [5.41, 5.74) is 7.77. The normalized spacial score (nSPS) is 12.9. The lowest BCUT2D eigenvalue weighted by atomic mass is 10.2. The van der Waals surface area contributed by atoms with Crippen LogP contribution in [0.1, 0.15) is 6.92 Å². The third-order valence-electron chi connectivity index (χ3n) is 2.31. The van der Waals surface area contributed by atoms with Gasteiger partial charge in [0.05, 0.1) is 10.2 Å². The first-order valence-corrected chi connectivity index (χ1v) is 7.18. The third-order valence-corrected chi connectivity index (χ3v) is 4.31. The maximum Gasteiger partial charge on any atom is 0.150 e. The molecule has 0 aliphatic rings. The van der Waals surface area contributed by atoms with Gasteiger partial charge < -0.3 is 11.1 Å². The first kappa shape index (κ1) is 11.7. The molecular formula is C11H15N3S2. The van der Waals surface area contributed by atoms with Crippen molar-refractivity contribution < 1.29 is 0 Å². The standard InChI is InChI=1S/C11H15N3S2/c1-7(6-12)13-8-3-4-9-10(5-8)16-11(14-9)15-2/h3-5,7,13H,6,12H2,1-2H3. The van der Waals surface area contributed by atoms with Crippen molar-refractivity contribution in [2.45, 2.75) is 17.3 Å². The summed E-state index contributed by atoms with van der Waals surface area (Å²) in [6.45, 7) is 2.71. The first-order valence-electron chi connectivity index (χ1n) is 5.14. The fraction of sp³-hybridized carbons (Fsp3) is 0.364. The second-order valence-corrected chi connectivity index (χ2v) is 5.73. The molecule has 1 aromatic carbocycles. The van der Waals surface area contributed by atoms with E-state index in [2.05, 4.69) is 35.4 Å². The van der Waals surface area contributed by atoms with Crippen LogP contribution < -0.4 is 11.1 Å². The van der Waals surface area contributed by atoms with E-state index in [1.807, 2.05) is 6.26 Å². The Morgan fingerprint density at radius 1 is 1.56 bits per heavy atom. The minimum Gasteiger partial charge on any atom is -0.381 e. The summed E-state index contributed by atoms with van der Waals surface area (Å²) in [6, 6.07) is 6.54. The molecular weight excluding hydrogens is 238 g/mol. The zero-order valence-electron chi connectivity index (χ0n) is 9.36. The highest BCUT2D eigenvalue weighted by Gasteiger charge is 2.05. The SMILES string of the molecule is CSc1nc2ccc(NC(C)CN)cc2s1. The van der Waals surface area contributed by atoms with Gasteiger partial charge in [-0.25, -0.2) is 4.98 Å². The van der Waals surface area contributed by atoms with E-state index in [-0.39, 0.29) is 0 Å². The Balaban J connectivity index is 2.28. The number of aromatic nitrogens is 1. The molecule has 1 atom stereocenters. The van der Waals surface area contributed by atoms with Crippen molar-refractivity contribution in [3.8, 4) is 0 Å². The molecule has 3 N–H and O–H groups in total. The Bertz CT molecular complexity index is 481. The van der Waals surface area contributed by atoms with E-state index < -0.39 is 0 Å². The van der Waals surface area contributed by atoms with Crippen LogP contribution in [-0.4, -0.2) is 23.8 Å². The molecule has 1 heterocycles. The van der Waals surface area contributed by atoms with Crippen molar-refractivity contribution in [2.75, 3.05) is 18.1 Å². The maximum absolute atomic E-state index is 5.58. The van der Waals surface area contributed by atoms with Crippen LogP contribution in [0.15, 0.2) is 22.5 Å². The Morgan fingerprint density at radius 2 is 2.38 bits per heavy atom. The number of nitrogens with two attached hydrogens (primary N) is 1. The van der Waals surface area contributed by atoms with Crippen LogP contribution >= 0.6 is 23.1 Å². The summed E-state index contributed by atoms with van der Waals surface area (Å²) in [6.07, 6.45) is 2.05. The number of nitrogens with one attached hydrogen (secondary N) is 1. The number of benzene rings is 1. The maximum atomic E-state index is 5.58. The van der Waals surface area contributed by atoms with Gasteiger partial charge in [0.25, 0.3) is 0 Å². The molecule has 0 amide bonds. The Kier molecular flexibility index (Phi) is 3.68. The van der Waals surface area contributed by atoms with Gasteiger partial charge in [-0.3, -0.25) is 0 Å². The minimum atomic E-state index is 0.297. The Labute approximate surface area is 103 Å². The molecule has 0 saturated carbocycles. The van der Waals surface area contributed by atoms with Crippen molar-refractivity contribution in [1.29, 1.82) is 0 Å². The lowest BCUT2D eigenvalue weighted by Crippen LogP contribution is -2.24. The number of fused-ring (bicyclic) bond motifs is 1. The van der Waals surface area contributed by atoms with Crippen LogP contribution in [0.3, 0.4) is 0 Å². The molecule has 0 saturated heterocycles. The monoisotopic (exact) mass is 253 g/mol. The van der Waals surface area contributed by atoms with Crippen molar-refractivity contribution in [3.05, 3.63) is 18.2 Å². The summed E-state index contributed by atoms with van der Waals surface area (Å²) in [7, 11) is 0. The van der Waals surface area contributed by atoms with Gasteiger partial charge in [0.2, 0.25) is 0 Å². The van der Waals surface area contributed by atoms with Gasteiger partial charge >= 0.3 is 0 Å². The molecule has 2 aromatic rings. The van der Waals surface area contributed by atoms with Crippen LogP contribution in [0.2, 0.25) is 0 Å². The van der Waals surface area contributed by atoms with E-state index in [0.717, 1.165) is 15.5 Å². The van der Waals surface area contributed by atoms with Crippen molar-refractivity contribution in [2.24, 2.45) is 5.73 Å². The van der Waals surface area contributed by atoms with Crippen molar-refractivity contribution in [3.63, 3.8) is 0 Å². The lowest BCUT2D eigenvalue weighted by Gasteiger charge is -2.12. The van der Waals surface area contributed by atoms with Gasteiger partial charge in [0.15, 0.2) is 4.34 Å². The van der Waals surface area contributed by atoms with Crippen LogP contribution in [0.4, 0.5) is 5.69 Å². The topological polar surface area (TPSA) is 50.9 Å². The molecule has 0 radical (unpaired) electrons. The highest BCUT2D eigenvalue weighted by Crippen LogP contribution is 2.29.